The van der Waals surface area contributed by atoms with Gasteiger partial charge in [0.15, 0.2) is 0 Å². The molecule has 0 heterocycles. The summed E-state index contributed by atoms with van der Waals surface area (Å²) < 4.78 is 6.10. The molecule has 0 aliphatic carbocycles. The average Bonchev–Trinajstić information content (AvgIpc) is 2.62. The van der Waals surface area contributed by atoms with Gasteiger partial charge in [0.2, 0.25) is 0 Å². The highest BCUT2D eigenvalue weighted by atomic mass is 16.5. The number of ether oxygens (including phenoxy) is 1. The molecule has 162 valence electrons. The molecule has 0 N–H and O–H groups in total. The zero-order valence-electron chi connectivity index (χ0n) is 19.2. The van der Waals surface area contributed by atoms with Crippen molar-refractivity contribution >= 4 is 5.97 Å². The van der Waals surface area contributed by atoms with Gasteiger partial charge < -0.3 is 9.22 Å². The summed E-state index contributed by atoms with van der Waals surface area (Å²) in [6.07, 6.45) is 20.9. The van der Waals surface area contributed by atoms with Crippen molar-refractivity contribution in [2.75, 3.05) is 33.8 Å². The summed E-state index contributed by atoms with van der Waals surface area (Å²) in [4.78, 5) is 11.3. The second-order valence-electron chi connectivity index (χ2n) is 8.89. The molecule has 0 aliphatic heterocycles. The number of unbranched alkanes of at least 4 members (excludes halogenated alkanes) is 13. The second kappa shape index (κ2) is 18.8. The molecule has 3 heteroatoms. The van der Waals surface area contributed by atoms with E-state index in [0.29, 0.717) is 13.0 Å². The fraction of sp³-hybridized carbons (Fsp3) is 0.958. The SMILES string of the molecule is CCCCCCCCCCCCCC[N+](C)(C)CCCCCC(=O)OCC. The van der Waals surface area contributed by atoms with Crippen molar-refractivity contribution < 1.29 is 14.0 Å². The third kappa shape index (κ3) is 20.0. The van der Waals surface area contributed by atoms with E-state index in [2.05, 4.69) is 21.0 Å². The van der Waals surface area contributed by atoms with Crippen LogP contribution < -0.4 is 0 Å². The Morgan fingerprint density at radius 3 is 1.48 bits per heavy atom. The van der Waals surface area contributed by atoms with Crippen molar-refractivity contribution in [3.05, 3.63) is 0 Å². The molecule has 0 bridgehead atoms. The molecule has 0 unspecified atom stereocenters. The molecule has 0 saturated carbocycles. The Kier molecular flexibility index (Phi) is 18.4. The number of nitrogens with zero attached hydrogens (tertiary/aromatic N) is 1. The van der Waals surface area contributed by atoms with Gasteiger partial charge in [-0.05, 0) is 39.0 Å². The lowest BCUT2D eigenvalue weighted by Gasteiger charge is -2.30. The topological polar surface area (TPSA) is 26.3 Å². The molecule has 0 fully saturated rings. The first kappa shape index (κ1) is 26.4. The molecule has 0 amide bonds. The molecule has 0 saturated heterocycles. The third-order valence-corrected chi connectivity index (χ3v) is 5.57. The van der Waals surface area contributed by atoms with Crippen LogP contribution in [0, 0.1) is 0 Å². The van der Waals surface area contributed by atoms with Crippen molar-refractivity contribution in [2.45, 2.75) is 117 Å². The molecular formula is C24H50NO2+. The maximum absolute atomic E-state index is 11.3. The Balaban J connectivity index is 3.38. The molecule has 0 radical (unpaired) electrons. The molecule has 3 nitrogen and oxygen atoms in total. The lowest BCUT2D eigenvalue weighted by molar-refractivity contribution is -0.890. The number of esters is 1. The monoisotopic (exact) mass is 384 g/mol. The van der Waals surface area contributed by atoms with E-state index in [0.717, 1.165) is 17.3 Å². The van der Waals surface area contributed by atoms with Crippen molar-refractivity contribution in [1.29, 1.82) is 0 Å². The fourth-order valence-electron chi connectivity index (χ4n) is 3.71. The number of hydrogen-bond acceptors (Lipinski definition) is 2. The van der Waals surface area contributed by atoms with Crippen LogP contribution >= 0.6 is 0 Å². The van der Waals surface area contributed by atoms with Crippen molar-refractivity contribution in [3.8, 4) is 0 Å². The largest absolute Gasteiger partial charge is 0.466 e. The van der Waals surface area contributed by atoms with Crippen molar-refractivity contribution in [1.82, 2.24) is 0 Å². The van der Waals surface area contributed by atoms with Crippen LogP contribution in [0.25, 0.3) is 0 Å². The number of rotatable bonds is 20. The Labute approximate surface area is 170 Å². The van der Waals surface area contributed by atoms with Crippen LogP contribution in [0.5, 0.6) is 0 Å². The predicted molar refractivity (Wildman–Crippen MR) is 118 cm³/mol. The summed E-state index contributed by atoms with van der Waals surface area (Å²) >= 11 is 0. The first-order chi connectivity index (χ1) is 13.0. The number of hydrogen-bond donors (Lipinski definition) is 0. The molecule has 0 spiro atoms. The molecule has 0 rings (SSSR count). The van der Waals surface area contributed by atoms with Crippen LogP contribution in [0.15, 0.2) is 0 Å². The first-order valence-electron chi connectivity index (χ1n) is 12.0. The van der Waals surface area contributed by atoms with Gasteiger partial charge in [-0.1, -0.05) is 71.1 Å². The molecule has 0 aromatic carbocycles. The number of carbonyl (C=O) groups is 1. The zero-order valence-corrected chi connectivity index (χ0v) is 19.2. The van der Waals surface area contributed by atoms with Crippen LogP contribution in [0.4, 0.5) is 0 Å². The minimum Gasteiger partial charge on any atom is -0.466 e. The van der Waals surface area contributed by atoms with Gasteiger partial charge in [-0.15, -0.1) is 0 Å². The van der Waals surface area contributed by atoms with Crippen molar-refractivity contribution in [2.24, 2.45) is 0 Å². The minimum absolute atomic E-state index is 0.0391. The molecule has 27 heavy (non-hydrogen) atoms. The molecule has 0 aromatic rings. The smallest absolute Gasteiger partial charge is 0.305 e. The molecule has 0 atom stereocenters. The number of carbonyl (C=O) groups excluding carboxylic acids is 1. The Hall–Kier alpha value is -0.570. The van der Waals surface area contributed by atoms with Gasteiger partial charge in [0.1, 0.15) is 0 Å². The molecule has 0 aliphatic rings. The Bertz CT molecular complexity index is 328. The quantitative estimate of drug-likeness (QED) is 0.130. The highest BCUT2D eigenvalue weighted by Crippen LogP contribution is 2.13. The van der Waals surface area contributed by atoms with Crippen molar-refractivity contribution in [3.63, 3.8) is 0 Å². The minimum atomic E-state index is -0.0391. The first-order valence-corrected chi connectivity index (χ1v) is 12.0. The van der Waals surface area contributed by atoms with Crippen LogP contribution in [0.2, 0.25) is 0 Å². The van der Waals surface area contributed by atoms with E-state index in [1.807, 2.05) is 6.92 Å². The van der Waals surface area contributed by atoms with Gasteiger partial charge in [0.05, 0.1) is 33.8 Å². The highest BCUT2D eigenvalue weighted by Gasteiger charge is 2.13. The maximum atomic E-state index is 11.3. The lowest BCUT2D eigenvalue weighted by Crippen LogP contribution is -2.41. The highest BCUT2D eigenvalue weighted by molar-refractivity contribution is 5.69. The Morgan fingerprint density at radius 1 is 0.630 bits per heavy atom. The van der Waals surface area contributed by atoms with E-state index in [9.17, 15) is 4.79 Å². The summed E-state index contributed by atoms with van der Waals surface area (Å²) in [5, 5.41) is 0. The van der Waals surface area contributed by atoms with E-state index in [-0.39, 0.29) is 5.97 Å². The third-order valence-electron chi connectivity index (χ3n) is 5.57. The lowest BCUT2D eigenvalue weighted by atomic mass is 10.1. The normalized spacial score (nSPS) is 11.7. The van der Waals surface area contributed by atoms with E-state index in [1.54, 1.807) is 0 Å². The standard InChI is InChI=1S/C24H50NO2/c1-5-7-8-9-10-11-12-13-14-15-16-19-22-25(3,4)23-20-17-18-21-24(26)27-6-2/h5-23H2,1-4H3/q+1. The average molecular weight is 385 g/mol. The maximum Gasteiger partial charge on any atom is 0.305 e. The summed E-state index contributed by atoms with van der Waals surface area (Å²) in [6.45, 7) is 7.17. The molecular weight excluding hydrogens is 334 g/mol. The summed E-state index contributed by atoms with van der Waals surface area (Å²) in [6, 6.07) is 0. The van der Waals surface area contributed by atoms with Gasteiger partial charge in [-0.2, -0.15) is 0 Å². The predicted octanol–water partition coefficient (Wildman–Crippen LogP) is 6.89. The summed E-state index contributed by atoms with van der Waals surface area (Å²) in [5.41, 5.74) is 0. The van der Waals surface area contributed by atoms with E-state index < -0.39 is 0 Å². The van der Waals surface area contributed by atoms with Crippen LogP contribution in [0.3, 0.4) is 0 Å². The van der Waals surface area contributed by atoms with Gasteiger partial charge in [0.25, 0.3) is 0 Å². The van der Waals surface area contributed by atoms with Gasteiger partial charge >= 0.3 is 5.97 Å². The van der Waals surface area contributed by atoms with Gasteiger partial charge in [0, 0.05) is 6.42 Å². The van der Waals surface area contributed by atoms with E-state index >= 15 is 0 Å². The van der Waals surface area contributed by atoms with E-state index in [4.69, 9.17) is 4.74 Å². The van der Waals surface area contributed by atoms with Gasteiger partial charge in [-0.25, -0.2) is 0 Å². The van der Waals surface area contributed by atoms with Gasteiger partial charge in [-0.3, -0.25) is 4.79 Å². The Morgan fingerprint density at radius 2 is 1.04 bits per heavy atom. The van der Waals surface area contributed by atoms with Crippen LogP contribution in [0.1, 0.15) is 117 Å². The zero-order chi connectivity index (χ0) is 20.2. The van der Waals surface area contributed by atoms with Crippen LogP contribution in [-0.4, -0.2) is 44.2 Å². The second-order valence-corrected chi connectivity index (χ2v) is 8.89. The molecule has 0 aromatic heterocycles. The number of quaternary nitrogens is 1. The fourth-order valence-corrected chi connectivity index (χ4v) is 3.71. The van der Waals surface area contributed by atoms with Crippen LogP contribution in [-0.2, 0) is 9.53 Å². The summed E-state index contributed by atoms with van der Waals surface area (Å²) in [5.74, 6) is -0.0391. The summed E-state index contributed by atoms with van der Waals surface area (Å²) in [7, 11) is 4.70. The van der Waals surface area contributed by atoms with E-state index in [1.165, 1.54) is 96.6 Å².